The van der Waals surface area contributed by atoms with E-state index in [9.17, 15) is 10.1 Å². The number of nitrogens with zero attached hydrogens (tertiary/aromatic N) is 1. The van der Waals surface area contributed by atoms with Gasteiger partial charge in [0.25, 0.3) is 5.69 Å². The summed E-state index contributed by atoms with van der Waals surface area (Å²) in [6.45, 7) is 7.07. The first-order chi connectivity index (χ1) is 9.52. The summed E-state index contributed by atoms with van der Waals surface area (Å²) in [5.41, 5.74) is 1.93. The zero-order valence-electron chi connectivity index (χ0n) is 12.6. The van der Waals surface area contributed by atoms with Gasteiger partial charge in [0.05, 0.1) is 4.92 Å². The van der Waals surface area contributed by atoms with Crippen LogP contribution in [-0.4, -0.2) is 11.0 Å². The van der Waals surface area contributed by atoms with Gasteiger partial charge < -0.3 is 5.32 Å². The van der Waals surface area contributed by atoms with Gasteiger partial charge in [-0.05, 0) is 37.2 Å². The van der Waals surface area contributed by atoms with Gasteiger partial charge in [-0.25, -0.2) is 0 Å². The molecule has 0 radical (unpaired) electrons. The number of benzene rings is 1. The maximum absolute atomic E-state index is 11.0. The van der Waals surface area contributed by atoms with E-state index in [2.05, 4.69) is 19.2 Å². The molecule has 0 aliphatic heterocycles. The van der Waals surface area contributed by atoms with Crippen molar-refractivity contribution in [3.8, 4) is 0 Å². The van der Waals surface area contributed by atoms with Gasteiger partial charge in [0.2, 0.25) is 0 Å². The molecular weight excluding hydrogens is 252 g/mol. The first-order valence-corrected chi connectivity index (χ1v) is 7.50. The molecule has 1 aromatic rings. The molecule has 0 spiro atoms. The summed E-state index contributed by atoms with van der Waals surface area (Å²) < 4.78 is 0. The molecule has 1 fully saturated rings. The van der Waals surface area contributed by atoms with Crippen LogP contribution in [0.15, 0.2) is 18.2 Å². The number of hydrogen-bond acceptors (Lipinski definition) is 3. The van der Waals surface area contributed by atoms with Crippen molar-refractivity contribution in [2.45, 2.75) is 52.6 Å². The van der Waals surface area contributed by atoms with Gasteiger partial charge in [0.15, 0.2) is 0 Å². The van der Waals surface area contributed by atoms with E-state index in [1.54, 1.807) is 13.0 Å². The van der Waals surface area contributed by atoms with Crippen LogP contribution in [0.3, 0.4) is 0 Å². The van der Waals surface area contributed by atoms with E-state index >= 15 is 0 Å². The van der Waals surface area contributed by atoms with Gasteiger partial charge in [0, 0.05) is 24.2 Å². The molecule has 110 valence electrons. The third-order valence-corrected chi connectivity index (χ3v) is 4.79. The number of nitro benzene ring substituents is 1. The second kappa shape index (κ2) is 6.35. The maximum atomic E-state index is 11.0. The average Bonchev–Trinajstić information content (AvgIpc) is 2.78. The zero-order valence-corrected chi connectivity index (χ0v) is 12.6. The zero-order chi connectivity index (χ0) is 14.7. The molecule has 1 N–H and O–H groups in total. The Bertz CT molecular complexity index is 487. The Hall–Kier alpha value is -1.42. The monoisotopic (exact) mass is 276 g/mol. The largest absolute Gasteiger partial charge is 0.310 e. The highest BCUT2D eigenvalue weighted by atomic mass is 16.6. The van der Waals surface area contributed by atoms with E-state index in [1.807, 2.05) is 12.1 Å². The molecule has 1 saturated carbocycles. The van der Waals surface area contributed by atoms with Crippen molar-refractivity contribution in [2.24, 2.45) is 11.8 Å². The summed E-state index contributed by atoms with van der Waals surface area (Å²) in [6, 6.07) is 6.05. The minimum atomic E-state index is -0.301. The Morgan fingerprint density at radius 3 is 2.75 bits per heavy atom. The molecule has 0 heterocycles. The van der Waals surface area contributed by atoms with Crippen LogP contribution in [0.4, 0.5) is 5.69 Å². The molecule has 0 saturated heterocycles. The van der Waals surface area contributed by atoms with Crippen LogP contribution >= 0.6 is 0 Å². The minimum absolute atomic E-state index is 0.218. The summed E-state index contributed by atoms with van der Waals surface area (Å²) >= 11 is 0. The Labute approximate surface area is 120 Å². The fraction of sp³-hybridized carbons (Fsp3) is 0.625. The summed E-state index contributed by atoms with van der Waals surface area (Å²) in [4.78, 5) is 10.7. The highest BCUT2D eigenvalue weighted by molar-refractivity contribution is 5.42. The molecule has 1 aliphatic carbocycles. The van der Waals surface area contributed by atoms with E-state index in [1.165, 1.54) is 19.3 Å². The van der Waals surface area contributed by atoms with Crippen LogP contribution in [0.2, 0.25) is 0 Å². The molecule has 1 aromatic carbocycles. The number of nitrogens with one attached hydrogen (secondary N) is 1. The normalized spacial score (nSPS) is 25.9. The fourth-order valence-electron chi connectivity index (χ4n) is 3.32. The van der Waals surface area contributed by atoms with Crippen molar-refractivity contribution >= 4 is 5.69 Å². The summed E-state index contributed by atoms with van der Waals surface area (Å²) in [7, 11) is 0. The van der Waals surface area contributed by atoms with Crippen molar-refractivity contribution in [3.63, 3.8) is 0 Å². The van der Waals surface area contributed by atoms with Gasteiger partial charge in [-0.3, -0.25) is 10.1 Å². The Balaban J connectivity index is 1.98. The molecule has 4 heteroatoms. The first-order valence-electron chi connectivity index (χ1n) is 7.50. The van der Waals surface area contributed by atoms with Gasteiger partial charge in [-0.15, -0.1) is 0 Å². The summed E-state index contributed by atoms with van der Waals surface area (Å²) in [5, 5.41) is 14.5. The second-order valence-electron chi connectivity index (χ2n) is 5.97. The van der Waals surface area contributed by atoms with Crippen LogP contribution in [0, 0.1) is 28.9 Å². The predicted molar refractivity (Wildman–Crippen MR) is 80.6 cm³/mol. The smallest absolute Gasteiger partial charge is 0.272 e. The van der Waals surface area contributed by atoms with E-state index in [4.69, 9.17) is 0 Å². The van der Waals surface area contributed by atoms with Gasteiger partial charge >= 0.3 is 0 Å². The lowest BCUT2D eigenvalue weighted by atomic mass is 9.93. The summed E-state index contributed by atoms with van der Waals surface area (Å²) in [5.74, 6) is 1.51. The van der Waals surface area contributed by atoms with Crippen molar-refractivity contribution in [1.82, 2.24) is 5.32 Å². The van der Waals surface area contributed by atoms with E-state index in [-0.39, 0.29) is 10.6 Å². The second-order valence-corrected chi connectivity index (χ2v) is 5.97. The van der Waals surface area contributed by atoms with E-state index in [0.717, 1.165) is 17.0 Å². The third kappa shape index (κ3) is 3.18. The van der Waals surface area contributed by atoms with Crippen LogP contribution < -0.4 is 5.32 Å². The molecule has 0 aromatic heterocycles. The number of aryl methyl sites for hydroxylation is 1. The number of nitro groups is 1. The van der Waals surface area contributed by atoms with E-state index in [0.29, 0.717) is 18.5 Å². The minimum Gasteiger partial charge on any atom is -0.310 e. The molecule has 3 atom stereocenters. The van der Waals surface area contributed by atoms with E-state index < -0.39 is 0 Å². The number of rotatable bonds is 5. The molecule has 3 unspecified atom stereocenters. The van der Waals surface area contributed by atoms with Crippen molar-refractivity contribution < 1.29 is 4.92 Å². The molecular formula is C16H24N2O2. The van der Waals surface area contributed by atoms with Crippen LogP contribution in [0.25, 0.3) is 0 Å². The Morgan fingerprint density at radius 2 is 2.15 bits per heavy atom. The maximum Gasteiger partial charge on any atom is 0.272 e. The molecule has 20 heavy (non-hydrogen) atoms. The lowest BCUT2D eigenvalue weighted by Crippen LogP contribution is -2.32. The molecule has 0 amide bonds. The predicted octanol–water partition coefficient (Wildman–Crippen LogP) is 3.82. The molecule has 1 aliphatic rings. The SMILES string of the molecule is CCC1CCC(NCc2ccc(C)c([N+](=O)[O-])c2)C1C. The first kappa shape index (κ1) is 15.0. The Kier molecular flexibility index (Phi) is 4.76. The lowest BCUT2D eigenvalue weighted by molar-refractivity contribution is -0.385. The van der Waals surface area contributed by atoms with Crippen LogP contribution in [0.5, 0.6) is 0 Å². The van der Waals surface area contributed by atoms with Crippen molar-refractivity contribution in [3.05, 3.63) is 39.4 Å². The molecule has 4 nitrogen and oxygen atoms in total. The van der Waals surface area contributed by atoms with Crippen molar-refractivity contribution in [2.75, 3.05) is 0 Å². The third-order valence-electron chi connectivity index (χ3n) is 4.79. The van der Waals surface area contributed by atoms with Gasteiger partial charge in [-0.2, -0.15) is 0 Å². The van der Waals surface area contributed by atoms with Crippen molar-refractivity contribution in [1.29, 1.82) is 0 Å². The van der Waals surface area contributed by atoms with Crippen LogP contribution in [-0.2, 0) is 6.54 Å². The topological polar surface area (TPSA) is 55.2 Å². The highest BCUT2D eigenvalue weighted by Gasteiger charge is 2.30. The van der Waals surface area contributed by atoms with Gasteiger partial charge in [-0.1, -0.05) is 32.4 Å². The standard InChI is InChI=1S/C16H24N2O2/c1-4-14-7-8-15(12(14)3)17-10-13-6-5-11(2)16(9-13)18(19)20/h5-6,9,12,14-15,17H,4,7-8,10H2,1-3H3. The average molecular weight is 276 g/mol. The fourth-order valence-corrected chi connectivity index (χ4v) is 3.32. The quantitative estimate of drug-likeness (QED) is 0.657. The van der Waals surface area contributed by atoms with Crippen LogP contribution in [0.1, 0.15) is 44.2 Å². The Morgan fingerprint density at radius 1 is 1.40 bits per heavy atom. The summed E-state index contributed by atoms with van der Waals surface area (Å²) in [6.07, 6.45) is 3.76. The molecule has 2 rings (SSSR count). The highest BCUT2D eigenvalue weighted by Crippen LogP contribution is 2.34. The van der Waals surface area contributed by atoms with Gasteiger partial charge in [0.1, 0.15) is 0 Å². The molecule has 0 bridgehead atoms. The number of hydrogen-bond donors (Lipinski definition) is 1. The lowest BCUT2D eigenvalue weighted by Gasteiger charge is -2.21.